The van der Waals surface area contributed by atoms with Crippen LogP contribution in [-0.4, -0.2) is 50.7 Å². The van der Waals surface area contributed by atoms with Gasteiger partial charge in [-0.3, -0.25) is 13.9 Å². The molecule has 0 radical (unpaired) electrons. The van der Waals surface area contributed by atoms with Crippen LogP contribution in [0.15, 0.2) is 0 Å². The van der Waals surface area contributed by atoms with Crippen molar-refractivity contribution in [2.45, 2.75) is 19.1 Å². The Balaban J connectivity index is 2.22. The number of hydrogen-bond acceptors (Lipinski definition) is 4. The molecule has 0 bridgehead atoms. The number of nitrogens with one attached hydrogen (secondary N) is 1. The van der Waals surface area contributed by atoms with Gasteiger partial charge in [-0.1, -0.05) is 13.8 Å². The van der Waals surface area contributed by atoms with Crippen LogP contribution in [0, 0.1) is 5.92 Å². The zero-order valence-electron chi connectivity index (χ0n) is 10.3. The lowest BCUT2D eigenvalue weighted by Gasteiger charge is -2.09. The molecule has 1 rings (SSSR count). The largest absolute Gasteiger partial charge is 0.355 e. The first-order valence-corrected chi connectivity index (χ1v) is 7.81. The average Bonchev–Trinajstić information content (AvgIpc) is 2.52. The van der Waals surface area contributed by atoms with Gasteiger partial charge >= 0.3 is 0 Å². The van der Waals surface area contributed by atoms with Gasteiger partial charge in [-0.25, -0.2) is 4.21 Å². The quantitative estimate of drug-likeness (QED) is 0.719. The van der Waals surface area contributed by atoms with Crippen molar-refractivity contribution in [3.05, 3.63) is 0 Å². The molecule has 0 aliphatic carbocycles. The maximum Gasteiger partial charge on any atom is 0.248 e. The van der Waals surface area contributed by atoms with Gasteiger partial charge in [-0.05, 0) is 0 Å². The van der Waals surface area contributed by atoms with Gasteiger partial charge < -0.3 is 5.32 Å². The highest BCUT2D eigenvalue weighted by Gasteiger charge is 2.35. The molecule has 1 aliphatic heterocycles. The third kappa shape index (κ3) is 3.99. The monoisotopic (exact) mass is 278 g/mol. The molecule has 1 N–H and O–H groups in total. The Kier molecular flexibility index (Phi) is 5.45. The van der Waals surface area contributed by atoms with Crippen molar-refractivity contribution in [3.63, 3.8) is 0 Å². The molecule has 7 heteroatoms. The predicted molar refractivity (Wildman–Crippen MR) is 69.9 cm³/mol. The Hall–Kier alpha value is -0.560. The van der Waals surface area contributed by atoms with Gasteiger partial charge in [0.25, 0.3) is 0 Å². The van der Waals surface area contributed by atoms with Crippen LogP contribution in [0.1, 0.15) is 13.8 Å². The summed E-state index contributed by atoms with van der Waals surface area (Å²) >= 11 is 1.45. The normalized spacial score (nSPS) is 24.5. The highest BCUT2D eigenvalue weighted by Crippen LogP contribution is 2.21. The van der Waals surface area contributed by atoms with E-state index in [2.05, 4.69) is 5.32 Å². The topological polar surface area (TPSA) is 66.5 Å². The van der Waals surface area contributed by atoms with Crippen molar-refractivity contribution in [3.8, 4) is 0 Å². The van der Waals surface area contributed by atoms with Crippen LogP contribution in [0.3, 0.4) is 0 Å². The molecular weight excluding hydrogens is 260 g/mol. The molecule has 0 aromatic heterocycles. The second-order valence-corrected chi connectivity index (χ2v) is 6.96. The summed E-state index contributed by atoms with van der Waals surface area (Å²) in [4.78, 5) is 22.8. The summed E-state index contributed by atoms with van der Waals surface area (Å²) in [6, 6.07) is 0. The molecule has 0 spiro atoms. The van der Waals surface area contributed by atoms with Gasteiger partial charge in [-0.15, -0.1) is 11.8 Å². The van der Waals surface area contributed by atoms with Gasteiger partial charge in [0.15, 0.2) is 0 Å². The van der Waals surface area contributed by atoms with E-state index in [1.165, 1.54) is 16.1 Å². The molecule has 1 aliphatic rings. The van der Waals surface area contributed by atoms with E-state index in [9.17, 15) is 13.8 Å². The van der Waals surface area contributed by atoms with E-state index in [-0.39, 0.29) is 23.0 Å². The number of thioether (sulfide) groups is 1. The van der Waals surface area contributed by atoms with Crippen LogP contribution in [0.2, 0.25) is 0 Å². The lowest BCUT2D eigenvalue weighted by Crippen LogP contribution is -2.30. The van der Waals surface area contributed by atoms with Crippen molar-refractivity contribution >= 4 is 34.6 Å². The fourth-order valence-electron chi connectivity index (χ4n) is 1.31. The van der Waals surface area contributed by atoms with Crippen molar-refractivity contribution in [1.82, 2.24) is 9.62 Å². The van der Waals surface area contributed by atoms with Gasteiger partial charge in [0.1, 0.15) is 11.0 Å². The van der Waals surface area contributed by atoms with Crippen LogP contribution >= 0.6 is 11.8 Å². The van der Waals surface area contributed by atoms with E-state index >= 15 is 0 Å². The van der Waals surface area contributed by atoms with Crippen molar-refractivity contribution in [2.24, 2.45) is 5.92 Å². The van der Waals surface area contributed by atoms with E-state index in [1.54, 1.807) is 7.05 Å². The van der Waals surface area contributed by atoms with E-state index in [4.69, 9.17) is 0 Å². The first-order chi connectivity index (χ1) is 7.93. The Morgan fingerprint density at radius 3 is 2.76 bits per heavy atom. The summed E-state index contributed by atoms with van der Waals surface area (Å²) in [7, 11) is 0.381. The minimum Gasteiger partial charge on any atom is -0.355 e. The standard InChI is InChI=1S/C10H18N2O3S2/c1-7(2)9(13)11-4-5-16-8-6-17(15)12(3)10(8)14/h7-8H,4-6H2,1-3H3,(H,11,13). The smallest absolute Gasteiger partial charge is 0.248 e. The number of carbonyl (C=O) groups is 2. The predicted octanol–water partition coefficient (Wildman–Crippen LogP) is -0.00390. The van der Waals surface area contributed by atoms with Crippen LogP contribution in [-0.2, 0) is 20.6 Å². The number of carbonyl (C=O) groups excluding carboxylic acids is 2. The average molecular weight is 278 g/mol. The van der Waals surface area contributed by atoms with E-state index in [0.29, 0.717) is 18.1 Å². The minimum atomic E-state index is -1.17. The van der Waals surface area contributed by atoms with Crippen LogP contribution in [0.25, 0.3) is 0 Å². The molecule has 1 fully saturated rings. The molecule has 0 aromatic carbocycles. The molecule has 17 heavy (non-hydrogen) atoms. The molecule has 2 atom stereocenters. The maximum atomic E-state index is 11.6. The zero-order valence-corrected chi connectivity index (χ0v) is 11.9. The number of nitrogens with zero attached hydrogens (tertiary/aromatic N) is 1. The first kappa shape index (κ1) is 14.5. The Morgan fingerprint density at radius 2 is 2.29 bits per heavy atom. The fraction of sp³-hybridized carbons (Fsp3) is 0.800. The summed E-state index contributed by atoms with van der Waals surface area (Å²) in [6.07, 6.45) is 0. The number of rotatable bonds is 5. The summed E-state index contributed by atoms with van der Waals surface area (Å²) in [5.41, 5.74) is 0. The zero-order chi connectivity index (χ0) is 13.0. The lowest BCUT2D eigenvalue weighted by atomic mass is 10.2. The van der Waals surface area contributed by atoms with Crippen LogP contribution < -0.4 is 5.32 Å². The van der Waals surface area contributed by atoms with Crippen molar-refractivity contribution < 1.29 is 13.8 Å². The Morgan fingerprint density at radius 1 is 1.65 bits per heavy atom. The van der Waals surface area contributed by atoms with Gasteiger partial charge in [0.05, 0.1) is 11.0 Å². The highest BCUT2D eigenvalue weighted by atomic mass is 32.2. The van der Waals surface area contributed by atoms with Gasteiger partial charge in [-0.2, -0.15) is 0 Å². The van der Waals surface area contributed by atoms with Crippen molar-refractivity contribution in [1.29, 1.82) is 0 Å². The first-order valence-electron chi connectivity index (χ1n) is 5.49. The molecule has 98 valence electrons. The highest BCUT2D eigenvalue weighted by molar-refractivity contribution is 8.02. The molecular formula is C10H18N2O3S2. The summed E-state index contributed by atoms with van der Waals surface area (Å²) in [5.74, 6) is 0.970. The van der Waals surface area contributed by atoms with Gasteiger partial charge in [0.2, 0.25) is 11.8 Å². The third-order valence-electron chi connectivity index (χ3n) is 2.43. The molecule has 1 saturated heterocycles. The molecule has 2 unspecified atom stereocenters. The SMILES string of the molecule is CC(C)C(=O)NCCSC1CS(=O)N(C)C1=O. The number of hydrogen-bond donors (Lipinski definition) is 1. The van der Waals surface area contributed by atoms with Crippen molar-refractivity contribution in [2.75, 3.05) is 25.1 Å². The molecule has 0 saturated carbocycles. The van der Waals surface area contributed by atoms with Gasteiger partial charge in [0, 0.05) is 25.3 Å². The van der Waals surface area contributed by atoms with E-state index in [1.807, 2.05) is 13.8 Å². The molecule has 5 nitrogen and oxygen atoms in total. The Labute approximate surface area is 108 Å². The fourth-order valence-corrected chi connectivity index (χ4v) is 3.87. The van der Waals surface area contributed by atoms with Crippen LogP contribution in [0.4, 0.5) is 0 Å². The summed E-state index contributed by atoms with van der Waals surface area (Å²) < 4.78 is 12.6. The third-order valence-corrected chi connectivity index (χ3v) is 5.26. The molecule has 2 amide bonds. The summed E-state index contributed by atoms with van der Waals surface area (Å²) in [6.45, 7) is 4.21. The summed E-state index contributed by atoms with van der Waals surface area (Å²) in [5, 5.41) is 2.56. The second kappa shape index (κ2) is 6.39. The number of amides is 2. The lowest BCUT2D eigenvalue weighted by molar-refractivity contribution is -0.124. The molecule has 0 aromatic rings. The second-order valence-electron chi connectivity index (χ2n) is 4.13. The minimum absolute atomic E-state index is 0.0176. The van der Waals surface area contributed by atoms with E-state index in [0.717, 1.165) is 0 Å². The molecule has 1 heterocycles. The maximum absolute atomic E-state index is 11.6. The Bertz CT molecular complexity index is 334. The van der Waals surface area contributed by atoms with Crippen LogP contribution in [0.5, 0.6) is 0 Å². The van der Waals surface area contributed by atoms with E-state index < -0.39 is 11.0 Å².